The van der Waals surface area contributed by atoms with E-state index in [1.807, 2.05) is 35.7 Å². The number of carbonyl (C=O) groups excluding carboxylic acids is 2. The fourth-order valence-electron chi connectivity index (χ4n) is 2.45. The number of thiophene rings is 1. The largest absolute Gasteiger partial charge is 0.466 e. The van der Waals surface area contributed by atoms with E-state index in [-0.39, 0.29) is 24.7 Å². The zero-order chi connectivity index (χ0) is 19.1. The van der Waals surface area contributed by atoms with Crippen molar-refractivity contribution in [2.45, 2.75) is 26.2 Å². The number of nitrogens with zero attached hydrogens (tertiary/aromatic N) is 2. The van der Waals surface area contributed by atoms with E-state index in [2.05, 4.69) is 15.5 Å². The molecule has 0 saturated heterocycles. The van der Waals surface area contributed by atoms with Gasteiger partial charge in [-0.05, 0) is 30.0 Å². The molecule has 8 heteroatoms. The van der Waals surface area contributed by atoms with Gasteiger partial charge in [0.05, 0.1) is 24.3 Å². The number of amides is 1. The Balaban J connectivity index is 1.64. The molecule has 1 amide bonds. The van der Waals surface area contributed by atoms with Gasteiger partial charge in [-0.25, -0.2) is 0 Å². The molecule has 0 atom stereocenters. The Morgan fingerprint density at radius 2 is 2.04 bits per heavy atom. The minimum atomic E-state index is -0.382. The molecule has 140 valence electrons. The Kier molecular flexibility index (Phi) is 6.32. The van der Waals surface area contributed by atoms with Crippen LogP contribution in [-0.2, 0) is 20.7 Å². The molecular weight excluding hydrogens is 366 g/mol. The smallest absolute Gasteiger partial charge is 0.306 e. The van der Waals surface area contributed by atoms with Crippen molar-refractivity contribution in [2.24, 2.45) is 0 Å². The molecule has 0 fully saturated rings. The Morgan fingerprint density at radius 3 is 2.81 bits per heavy atom. The standard InChI is InChI=1S/C19H19N3O4S/c1-2-25-18(24)10-9-16(23)20-14-7-4-3-6-13(14)12-17-21-19(22-26-17)15-8-5-11-27-15/h3-8,11H,2,9-10,12H2,1H3,(H,20,23). The summed E-state index contributed by atoms with van der Waals surface area (Å²) in [6, 6.07) is 11.2. The van der Waals surface area contributed by atoms with Crippen molar-refractivity contribution in [1.82, 2.24) is 10.1 Å². The summed E-state index contributed by atoms with van der Waals surface area (Å²) >= 11 is 1.54. The van der Waals surface area contributed by atoms with Crippen molar-refractivity contribution < 1.29 is 18.8 Å². The summed E-state index contributed by atoms with van der Waals surface area (Å²) < 4.78 is 10.2. The van der Waals surface area contributed by atoms with Crippen LogP contribution in [0.4, 0.5) is 5.69 Å². The van der Waals surface area contributed by atoms with Gasteiger partial charge in [-0.3, -0.25) is 9.59 Å². The first-order chi connectivity index (χ1) is 13.2. The minimum Gasteiger partial charge on any atom is -0.466 e. The average molecular weight is 385 g/mol. The van der Waals surface area contributed by atoms with Gasteiger partial charge in [0, 0.05) is 12.1 Å². The van der Waals surface area contributed by atoms with Crippen LogP contribution in [0.5, 0.6) is 0 Å². The van der Waals surface area contributed by atoms with Gasteiger partial charge in [-0.2, -0.15) is 4.98 Å². The molecule has 0 aliphatic rings. The lowest BCUT2D eigenvalue weighted by Gasteiger charge is -2.09. The summed E-state index contributed by atoms with van der Waals surface area (Å²) in [7, 11) is 0. The van der Waals surface area contributed by atoms with Crippen molar-refractivity contribution in [2.75, 3.05) is 11.9 Å². The predicted octanol–water partition coefficient (Wildman–Crippen LogP) is 3.67. The highest BCUT2D eigenvalue weighted by molar-refractivity contribution is 7.13. The average Bonchev–Trinajstić information content (AvgIpc) is 3.33. The Labute approximate surface area is 160 Å². The second-order valence-electron chi connectivity index (χ2n) is 5.68. The number of anilines is 1. The maximum Gasteiger partial charge on any atom is 0.306 e. The van der Waals surface area contributed by atoms with E-state index in [0.29, 0.717) is 30.4 Å². The van der Waals surface area contributed by atoms with Crippen LogP contribution < -0.4 is 5.32 Å². The van der Waals surface area contributed by atoms with Crippen LogP contribution in [0.25, 0.3) is 10.7 Å². The van der Waals surface area contributed by atoms with Crippen molar-refractivity contribution in [1.29, 1.82) is 0 Å². The van der Waals surface area contributed by atoms with Gasteiger partial charge in [0.1, 0.15) is 0 Å². The highest BCUT2D eigenvalue weighted by atomic mass is 32.1. The molecule has 1 N–H and O–H groups in total. The van der Waals surface area contributed by atoms with Crippen LogP contribution >= 0.6 is 11.3 Å². The van der Waals surface area contributed by atoms with Crippen LogP contribution in [0.2, 0.25) is 0 Å². The van der Waals surface area contributed by atoms with E-state index >= 15 is 0 Å². The lowest BCUT2D eigenvalue weighted by molar-refractivity contribution is -0.144. The number of para-hydroxylation sites is 1. The molecule has 7 nitrogen and oxygen atoms in total. The van der Waals surface area contributed by atoms with Gasteiger partial charge < -0.3 is 14.6 Å². The van der Waals surface area contributed by atoms with Crippen LogP contribution in [-0.4, -0.2) is 28.6 Å². The molecule has 0 unspecified atom stereocenters. The zero-order valence-electron chi connectivity index (χ0n) is 14.8. The molecule has 2 heterocycles. The van der Waals surface area contributed by atoms with Gasteiger partial charge in [0.2, 0.25) is 17.6 Å². The molecule has 27 heavy (non-hydrogen) atoms. The third-order valence-corrected chi connectivity index (χ3v) is 4.57. The zero-order valence-corrected chi connectivity index (χ0v) is 15.6. The number of hydrogen-bond donors (Lipinski definition) is 1. The van der Waals surface area contributed by atoms with E-state index in [4.69, 9.17) is 9.26 Å². The first-order valence-electron chi connectivity index (χ1n) is 8.55. The lowest BCUT2D eigenvalue weighted by atomic mass is 10.1. The maximum absolute atomic E-state index is 12.1. The number of carbonyl (C=O) groups is 2. The van der Waals surface area contributed by atoms with E-state index in [9.17, 15) is 9.59 Å². The molecule has 0 aliphatic carbocycles. The number of ether oxygens (including phenoxy) is 1. The number of nitrogens with one attached hydrogen (secondary N) is 1. The fourth-order valence-corrected chi connectivity index (χ4v) is 3.10. The van der Waals surface area contributed by atoms with E-state index in [1.165, 1.54) is 11.3 Å². The van der Waals surface area contributed by atoms with Gasteiger partial charge in [-0.15, -0.1) is 11.3 Å². The van der Waals surface area contributed by atoms with E-state index in [1.54, 1.807) is 13.0 Å². The highest BCUT2D eigenvalue weighted by Crippen LogP contribution is 2.23. The molecular formula is C19H19N3O4S. The fraction of sp³-hybridized carbons (Fsp3) is 0.263. The van der Waals surface area contributed by atoms with Gasteiger partial charge in [0.15, 0.2) is 0 Å². The van der Waals surface area contributed by atoms with Gasteiger partial charge in [0.25, 0.3) is 0 Å². The Bertz CT molecular complexity index is 905. The monoisotopic (exact) mass is 385 g/mol. The van der Waals surface area contributed by atoms with Crippen LogP contribution in [0.1, 0.15) is 31.2 Å². The quantitative estimate of drug-likeness (QED) is 0.595. The maximum atomic E-state index is 12.1. The molecule has 0 aliphatic heterocycles. The third kappa shape index (κ3) is 5.24. The Hall–Kier alpha value is -3.00. The van der Waals surface area contributed by atoms with E-state index < -0.39 is 0 Å². The molecule has 2 aromatic heterocycles. The molecule has 0 spiro atoms. The number of rotatable bonds is 8. The summed E-state index contributed by atoms with van der Waals surface area (Å²) in [5.41, 5.74) is 1.51. The molecule has 0 bridgehead atoms. The van der Waals surface area contributed by atoms with Crippen LogP contribution in [0.3, 0.4) is 0 Å². The molecule has 3 aromatic rings. The van der Waals surface area contributed by atoms with Crippen LogP contribution in [0, 0.1) is 0 Å². The predicted molar refractivity (Wildman–Crippen MR) is 101 cm³/mol. The summed E-state index contributed by atoms with van der Waals surface area (Å²) in [5.74, 6) is 0.385. The molecule has 0 radical (unpaired) electrons. The summed E-state index contributed by atoms with van der Waals surface area (Å²) in [6.07, 6.45) is 0.513. The summed E-state index contributed by atoms with van der Waals surface area (Å²) in [6.45, 7) is 2.04. The second-order valence-corrected chi connectivity index (χ2v) is 6.62. The second kappa shape index (κ2) is 9.09. The third-order valence-electron chi connectivity index (χ3n) is 3.70. The van der Waals surface area contributed by atoms with Gasteiger partial charge >= 0.3 is 5.97 Å². The topological polar surface area (TPSA) is 94.3 Å². The van der Waals surface area contributed by atoms with Crippen molar-refractivity contribution in [3.05, 3.63) is 53.2 Å². The van der Waals surface area contributed by atoms with Gasteiger partial charge in [-0.1, -0.05) is 29.4 Å². The molecule has 1 aromatic carbocycles. The van der Waals surface area contributed by atoms with Crippen LogP contribution in [0.15, 0.2) is 46.3 Å². The molecule has 0 saturated carbocycles. The number of hydrogen-bond acceptors (Lipinski definition) is 7. The number of benzene rings is 1. The first-order valence-corrected chi connectivity index (χ1v) is 9.43. The van der Waals surface area contributed by atoms with E-state index in [0.717, 1.165) is 10.4 Å². The normalized spacial score (nSPS) is 10.6. The van der Waals surface area contributed by atoms with Crippen molar-refractivity contribution in [3.8, 4) is 10.7 Å². The SMILES string of the molecule is CCOC(=O)CCC(=O)Nc1ccccc1Cc1nc(-c2cccs2)no1. The summed E-state index contributed by atoms with van der Waals surface area (Å²) in [5, 5.41) is 8.78. The molecule has 3 rings (SSSR count). The number of aromatic nitrogens is 2. The number of esters is 1. The Morgan fingerprint density at radius 1 is 1.19 bits per heavy atom. The van der Waals surface area contributed by atoms with Crippen molar-refractivity contribution >= 4 is 28.9 Å². The summed E-state index contributed by atoms with van der Waals surface area (Å²) in [4.78, 5) is 28.8. The lowest BCUT2D eigenvalue weighted by Crippen LogP contribution is -2.15. The minimum absolute atomic E-state index is 0.0513. The highest BCUT2D eigenvalue weighted by Gasteiger charge is 2.14. The van der Waals surface area contributed by atoms with Crippen molar-refractivity contribution in [3.63, 3.8) is 0 Å². The first kappa shape index (κ1) is 18.8.